The van der Waals surface area contributed by atoms with Gasteiger partial charge in [0.15, 0.2) is 0 Å². The standard InChI is InChI=1S/C12H12BrClN2O2S2/c1-20(17,18)16-8-2-4-10(14)11(6-8)15-7-9-3-5-12(13)19-9/h2-6,15-16H,7H2,1H3. The van der Waals surface area contributed by atoms with E-state index in [1.807, 2.05) is 12.1 Å². The van der Waals surface area contributed by atoms with Crippen molar-refractivity contribution < 1.29 is 8.42 Å². The number of hydrogen-bond acceptors (Lipinski definition) is 4. The normalized spacial score (nSPS) is 11.3. The third kappa shape index (κ3) is 4.66. The molecule has 0 amide bonds. The van der Waals surface area contributed by atoms with E-state index in [0.29, 0.717) is 22.9 Å². The second-order valence-corrected chi connectivity index (χ2v) is 8.83. The van der Waals surface area contributed by atoms with E-state index in [2.05, 4.69) is 26.0 Å². The Labute approximate surface area is 135 Å². The molecule has 108 valence electrons. The van der Waals surface area contributed by atoms with Crippen molar-refractivity contribution in [3.63, 3.8) is 0 Å². The second-order valence-electron chi connectivity index (χ2n) is 4.13. The zero-order valence-electron chi connectivity index (χ0n) is 10.5. The van der Waals surface area contributed by atoms with Gasteiger partial charge in [-0.3, -0.25) is 4.72 Å². The molecule has 2 rings (SSSR count). The molecular formula is C12H12BrClN2O2S2. The molecule has 4 nitrogen and oxygen atoms in total. The zero-order valence-corrected chi connectivity index (χ0v) is 14.5. The first kappa shape index (κ1) is 15.6. The minimum Gasteiger partial charge on any atom is -0.379 e. The van der Waals surface area contributed by atoms with Crippen LogP contribution < -0.4 is 10.0 Å². The Bertz CT molecular complexity index is 716. The SMILES string of the molecule is CS(=O)(=O)Nc1ccc(Cl)c(NCc2ccc(Br)s2)c1. The van der Waals surface area contributed by atoms with Gasteiger partial charge in [0.05, 0.1) is 26.4 Å². The lowest BCUT2D eigenvalue weighted by molar-refractivity contribution is 0.607. The lowest BCUT2D eigenvalue weighted by atomic mass is 10.3. The number of benzene rings is 1. The average molecular weight is 396 g/mol. The topological polar surface area (TPSA) is 58.2 Å². The highest BCUT2D eigenvalue weighted by atomic mass is 79.9. The van der Waals surface area contributed by atoms with Crippen LogP contribution in [0.4, 0.5) is 11.4 Å². The largest absolute Gasteiger partial charge is 0.379 e. The highest BCUT2D eigenvalue weighted by Gasteiger charge is 2.06. The van der Waals surface area contributed by atoms with Gasteiger partial charge in [0.2, 0.25) is 10.0 Å². The average Bonchev–Trinajstić information content (AvgIpc) is 2.74. The zero-order chi connectivity index (χ0) is 14.8. The van der Waals surface area contributed by atoms with Crippen molar-refractivity contribution in [1.29, 1.82) is 0 Å². The summed E-state index contributed by atoms with van der Waals surface area (Å²) in [7, 11) is -3.30. The number of thiophene rings is 1. The fourth-order valence-electron chi connectivity index (χ4n) is 1.57. The van der Waals surface area contributed by atoms with E-state index in [0.717, 1.165) is 14.9 Å². The van der Waals surface area contributed by atoms with Gasteiger partial charge in [-0.05, 0) is 46.3 Å². The molecule has 1 aromatic carbocycles. The van der Waals surface area contributed by atoms with Crippen molar-refractivity contribution in [3.8, 4) is 0 Å². The van der Waals surface area contributed by atoms with Crippen LogP contribution in [-0.2, 0) is 16.6 Å². The summed E-state index contributed by atoms with van der Waals surface area (Å²) in [6, 6.07) is 8.93. The monoisotopic (exact) mass is 394 g/mol. The molecule has 0 aliphatic carbocycles. The summed E-state index contributed by atoms with van der Waals surface area (Å²) in [5, 5.41) is 3.73. The van der Waals surface area contributed by atoms with Gasteiger partial charge < -0.3 is 5.32 Å². The molecule has 0 unspecified atom stereocenters. The van der Waals surface area contributed by atoms with Crippen LogP contribution in [0.2, 0.25) is 5.02 Å². The third-order valence-electron chi connectivity index (χ3n) is 2.35. The van der Waals surface area contributed by atoms with Crippen LogP contribution in [0.1, 0.15) is 4.88 Å². The highest BCUT2D eigenvalue weighted by Crippen LogP contribution is 2.28. The molecular weight excluding hydrogens is 384 g/mol. The van der Waals surface area contributed by atoms with Crippen LogP contribution in [0.3, 0.4) is 0 Å². The Hall–Kier alpha value is -0.760. The number of hydrogen-bond donors (Lipinski definition) is 2. The summed E-state index contributed by atoms with van der Waals surface area (Å²) in [4.78, 5) is 1.15. The molecule has 8 heteroatoms. The van der Waals surface area contributed by atoms with Crippen LogP contribution >= 0.6 is 38.9 Å². The molecule has 0 saturated heterocycles. The fourth-order valence-corrected chi connectivity index (χ4v) is 3.73. The first-order chi connectivity index (χ1) is 9.33. The second kappa shape index (κ2) is 6.34. The van der Waals surface area contributed by atoms with Gasteiger partial charge in [-0.1, -0.05) is 11.6 Å². The molecule has 0 aliphatic rings. The van der Waals surface area contributed by atoms with Crippen molar-refractivity contribution in [1.82, 2.24) is 0 Å². The van der Waals surface area contributed by atoms with E-state index in [1.54, 1.807) is 29.5 Å². The van der Waals surface area contributed by atoms with Crippen LogP contribution in [0.25, 0.3) is 0 Å². The van der Waals surface area contributed by atoms with Crippen molar-refractivity contribution in [2.75, 3.05) is 16.3 Å². The summed E-state index contributed by atoms with van der Waals surface area (Å²) < 4.78 is 25.9. The Morgan fingerprint density at radius 1 is 1.30 bits per heavy atom. The van der Waals surface area contributed by atoms with E-state index in [-0.39, 0.29) is 0 Å². The maximum absolute atomic E-state index is 11.2. The molecule has 2 N–H and O–H groups in total. The summed E-state index contributed by atoms with van der Waals surface area (Å²) in [6.07, 6.45) is 1.11. The molecule has 1 aromatic heterocycles. The van der Waals surface area contributed by atoms with E-state index < -0.39 is 10.0 Å². The number of sulfonamides is 1. The molecule has 0 bridgehead atoms. The number of halogens is 2. The van der Waals surface area contributed by atoms with Gasteiger partial charge in [-0.2, -0.15) is 0 Å². The van der Waals surface area contributed by atoms with Gasteiger partial charge in [0.25, 0.3) is 0 Å². The van der Waals surface area contributed by atoms with Gasteiger partial charge >= 0.3 is 0 Å². The Balaban J connectivity index is 2.12. The van der Waals surface area contributed by atoms with Gasteiger partial charge in [0, 0.05) is 11.4 Å². The maximum Gasteiger partial charge on any atom is 0.229 e. The van der Waals surface area contributed by atoms with E-state index >= 15 is 0 Å². The molecule has 0 radical (unpaired) electrons. The van der Waals surface area contributed by atoms with Crippen molar-refractivity contribution in [3.05, 3.63) is 44.0 Å². The van der Waals surface area contributed by atoms with Crippen LogP contribution in [0.5, 0.6) is 0 Å². The van der Waals surface area contributed by atoms with Gasteiger partial charge in [0.1, 0.15) is 0 Å². The first-order valence-electron chi connectivity index (χ1n) is 5.59. The fraction of sp³-hybridized carbons (Fsp3) is 0.167. The van der Waals surface area contributed by atoms with Gasteiger partial charge in [-0.15, -0.1) is 11.3 Å². The summed E-state index contributed by atoms with van der Waals surface area (Å²) in [6.45, 7) is 0.623. The summed E-state index contributed by atoms with van der Waals surface area (Å²) >= 11 is 11.1. The van der Waals surface area contributed by atoms with Crippen LogP contribution in [0.15, 0.2) is 34.1 Å². The Kier molecular flexibility index (Phi) is 4.95. The lowest BCUT2D eigenvalue weighted by Crippen LogP contribution is -2.09. The minimum atomic E-state index is -3.30. The first-order valence-corrected chi connectivity index (χ1v) is 9.47. The molecule has 0 fully saturated rings. The highest BCUT2D eigenvalue weighted by molar-refractivity contribution is 9.11. The molecule has 2 aromatic rings. The predicted molar refractivity (Wildman–Crippen MR) is 89.3 cm³/mol. The summed E-state index contributed by atoms with van der Waals surface area (Å²) in [5.74, 6) is 0. The Morgan fingerprint density at radius 3 is 2.65 bits per heavy atom. The van der Waals surface area contributed by atoms with Crippen molar-refractivity contribution in [2.24, 2.45) is 0 Å². The number of anilines is 2. The number of rotatable bonds is 5. The maximum atomic E-state index is 11.2. The molecule has 20 heavy (non-hydrogen) atoms. The smallest absolute Gasteiger partial charge is 0.229 e. The van der Waals surface area contributed by atoms with Crippen molar-refractivity contribution >= 4 is 60.3 Å². The molecule has 0 aliphatic heterocycles. The van der Waals surface area contributed by atoms with E-state index in [1.165, 1.54) is 0 Å². The lowest BCUT2D eigenvalue weighted by Gasteiger charge is -2.10. The van der Waals surface area contributed by atoms with E-state index in [9.17, 15) is 8.42 Å². The minimum absolute atomic E-state index is 0.478. The molecule has 0 saturated carbocycles. The number of nitrogens with one attached hydrogen (secondary N) is 2. The molecule has 0 spiro atoms. The van der Waals surface area contributed by atoms with Crippen molar-refractivity contribution in [2.45, 2.75) is 6.54 Å². The summed E-state index contributed by atoms with van der Waals surface area (Å²) in [5.41, 5.74) is 1.16. The molecule has 1 heterocycles. The third-order valence-corrected chi connectivity index (χ3v) is 4.91. The Morgan fingerprint density at radius 2 is 2.05 bits per heavy atom. The van der Waals surface area contributed by atoms with Crippen LogP contribution in [-0.4, -0.2) is 14.7 Å². The predicted octanol–water partition coefficient (Wildman–Crippen LogP) is 4.15. The van der Waals surface area contributed by atoms with Crippen LogP contribution in [0, 0.1) is 0 Å². The van der Waals surface area contributed by atoms with E-state index in [4.69, 9.17) is 11.6 Å². The quantitative estimate of drug-likeness (QED) is 0.799. The molecule has 0 atom stereocenters. The van der Waals surface area contributed by atoms with Gasteiger partial charge in [-0.25, -0.2) is 8.42 Å².